The smallest absolute Gasteiger partial charge is 0.133 e. The molecule has 3 aromatic rings. The van der Waals surface area contributed by atoms with Gasteiger partial charge in [0.2, 0.25) is 0 Å². The Morgan fingerprint density at radius 1 is 1.00 bits per heavy atom. The molecular weight excluding hydrogens is 341 g/mol. The number of fused-ring (bicyclic) bond motifs is 1. The molecular formula is C19H17Cl2N3. The van der Waals surface area contributed by atoms with Crippen LogP contribution >= 0.6 is 23.2 Å². The molecule has 122 valence electrons. The Hall–Kier alpha value is -1.97. The molecule has 4 rings (SSSR count). The van der Waals surface area contributed by atoms with Crippen molar-refractivity contribution in [2.24, 2.45) is 0 Å². The predicted molar refractivity (Wildman–Crippen MR) is 100 cm³/mol. The van der Waals surface area contributed by atoms with Crippen molar-refractivity contribution in [1.82, 2.24) is 9.78 Å². The summed E-state index contributed by atoms with van der Waals surface area (Å²) in [5, 5.41) is 9.64. The Morgan fingerprint density at radius 3 is 2.62 bits per heavy atom. The van der Waals surface area contributed by atoms with Crippen molar-refractivity contribution in [2.75, 3.05) is 11.9 Å². The summed E-state index contributed by atoms with van der Waals surface area (Å²) >= 11 is 12.5. The van der Waals surface area contributed by atoms with Crippen LogP contribution in [-0.4, -0.2) is 16.3 Å². The second-order valence-electron chi connectivity index (χ2n) is 5.93. The van der Waals surface area contributed by atoms with E-state index in [0.29, 0.717) is 10.0 Å². The van der Waals surface area contributed by atoms with Crippen LogP contribution in [0.4, 0.5) is 5.82 Å². The van der Waals surface area contributed by atoms with Crippen molar-refractivity contribution in [2.45, 2.75) is 19.3 Å². The van der Waals surface area contributed by atoms with Gasteiger partial charge in [-0.1, -0.05) is 53.5 Å². The Kier molecular flexibility index (Phi) is 4.21. The molecule has 2 aromatic carbocycles. The molecule has 0 saturated carbocycles. The highest BCUT2D eigenvalue weighted by molar-refractivity contribution is 6.35. The van der Waals surface area contributed by atoms with Crippen molar-refractivity contribution in [3.8, 4) is 16.9 Å². The number of hydrogen-bond acceptors (Lipinski definition) is 2. The Balaban J connectivity index is 1.93. The lowest BCUT2D eigenvalue weighted by Crippen LogP contribution is -2.07. The first-order chi connectivity index (χ1) is 11.7. The zero-order valence-corrected chi connectivity index (χ0v) is 14.6. The first-order valence-electron chi connectivity index (χ1n) is 8.10. The molecule has 1 N–H and O–H groups in total. The van der Waals surface area contributed by atoms with Gasteiger partial charge < -0.3 is 5.32 Å². The third-order valence-electron chi connectivity index (χ3n) is 4.31. The summed E-state index contributed by atoms with van der Waals surface area (Å²) < 4.78 is 1.92. The van der Waals surface area contributed by atoms with Gasteiger partial charge in [0, 0.05) is 22.7 Å². The van der Waals surface area contributed by atoms with Gasteiger partial charge in [-0.05, 0) is 37.5 Å². The molecule has 3 nitrogen and oxygen atoms in total. The number of halogens is 2. The van der Waals surface area contributed by atoms with Gasteiger partial charge in [0.1, 0.15) is 5.82 Å². The van der Waals surface area contributed by atoms with Crippen LogP contribution in [0.2, 0.25) is 10.0 Å². The number of nitrogens with one attached hydrogen (secondary N) is 1. The summed E-state index contributed by atoms with van der Waals surface area (Å²) in [6.45, 7) is 0.943. The zero-order valence-electron chi connectivity index (χ0n) is 13.1. The van der Waals surface area contributed by atoms with E-state index < -0.39 is 0 Å². The monoisotopic (exact) mass is 357 g/mol. The van der Waals surface area contributed by atoms with Crippen LogP contribution in [-0.2, 0) is 6.42 Å². The highest BCUT2D eigenvalue weighted by Crippen LogP contribution is 2.35. The maximum absolute atomic E-state index is 6.43. The first-order valence-corrected chi connectivity index (χ1v) is 8.86. The average molecular weight is 358 g/mol. The van der Waals surface area contributed by atoms with Gasteiger partial charge in [-0.15, -0.1) is 0 Å². The fraction of sp³-hybridized carbons (Fsp3) is 0.211. The standard InChI is InChI=1S/C19H17Cl2N3/c20-14-9-10-17(16(21)12-14)24-19-15(8-4-5-11-22-19)18(23-24)13-6-2-1-3-7-13/h1-3,6-7,9-10,12,22H,4-5,8,11H2. The average Bonchev–Trinajstić information content (AvgIpc) is 2.78. The fourth-order valence-electron chi connectivity index (χ4n) is 3.16. The summed E-state index contributed by atoms with van der Waals surface area (Å²) in [7, 11) is 0. The van der Waals surface area contributed by atoms with E-state index in [0.717, 1.165) is 48.6 Å². The molecule has 1 aliphatic heterocycles. The van der Waals surface area contributed by atoms with Crippen LogP contribution in [0.15, 0.2) is 48.5 Å². The molecule has 2 heterocycles. The molecule has 0 radical (unpaired) electrons. The van der Waals surface area contributed by atoms with E-state index in [-0.39, 0.29) is 0 Å². The first kappa shape index (κ1) is 15.6. The minimum atomic E-state index is 0.596. The summed E-state index contributed by atoms with van der Waals surface area (Å²) in [4.78, 5) is 0. The number of rotatable bonds is 2. The lowest BCUT2D eigenvalue weighted by atomic mass is 10.0. The van der Waals surface area contributed by atoms with Gasteiger partial charge in [0.25, 0.3) is 0 Å². The van der Waals surface area contributed by atoms with Gasteiger partial charge in [-0.3, -0.25) is 0 Å². The van der Waals surface area contributed by atoms with Crippen molar-refractivity contribution in [1.29, 1.82) is 0 Å². The zero-order chi connectivity index (χ0) is 16.5. The van der Waals surface area contributed by atoms with Crippen molar-refractivity contribution in [3.63, 3.8) is 0 Å². The molecule has 0 bridgehead atoms. The van der Waals surface area contributed by atoms with Gasteiger partial charge >= 0.3 is 0 Å². The SMILES string of the molecule is Clc1ccc(-n2nc(-c3ccccc3)c3c2NCCCC3)c(Cl)c1. The number of anilines is 1. The van der Waals surface area contributed by atoms with Crippen LogP contribution in [0.25, 0.3) is 16.9 Å². The van der Waals surface area contributed by atoms with E-state index in [1.165, 1.54) is 5.56 Å². The number of hydrogen-bond donors (Lipinski definition) is 1. The van der Waals surface area contributed by atoms with Crippen molar-refractivity contribution >= 4 is 29.0 Å². The summed E-state index contributed by atoms with van der Waals surface area (Å²) in [6, 6.07) is 15.8. The summed E-state index contributed by atoms with van der Waals surface area (Å²) in [5.41, 5.74) is 4.24. The van der Waals surface area contributed by atoms with Crippen LogP contribution in [0.5, 0.6) is 0 Å². The quantitative estimate of drug-likeness (QED) is 0.647. The van der Waals surface area contributed by atoms with Crippen LogP contribution in [0.3, 0.4) is 0 Å². The molecule has 0 saturated heterocycles. The largest absolute Gasteiger partial charge is 0.370 e. The van der Waals surface area contributed by atoms with E-state index in [9.17, 15) is 0 Å². The van der Waals surface area contributed by atoms with Crippen molar-refractivity contribution in [3.05, 3.63) is 64.1 Å². The fourth-order valence-corrected chi connectivity index (χ4v) is 3.65. The van der Waals surface area contributed by atoms with Crippen LogP contribution in [0, 0.1) is 0 Å². The molecule has 1 aliphatic rings. The maximum Gasteiger partial charge on any atom is 0.133 e. The maximum atomic E-state index is 6.43. The van der Waals surface area contributed by atoms with E-state index in [2.05, 4.69) is 17.4 Å². The minimum Gasteiger partial charge on any atom is -0.370 e. The van der Waals surface area contributed by atoms with E-state index in [4.69, 9.17) is 28.3 Å². The molecule has 24 heavy (non-hydrogen) atoms. The molecule has 0 spiro atoms. The number of nitrogens with zero attached hydrogens (tertiary/aromatic N) is 2. The summed E-state index contributed by atoms with van der Waals surface area (Å²) in [6.07, 6.45) is 3.31. The van der Waals surface area contributed by atoms with Gasteiger partial charge in [-0.2, -0.15) is 5.10 Å². The van der Waals surface area contributed by atoms with Crippen molar-refractivity contribution < 1.29 is 0 Å². The third-order valence-corrected chi connectivity index (χ3v) is 4.85. The van der Waals surface area contributed by atoms with Gasteiger partial charge in [0.05, 0.1) is 16.4 Å². The Morgan fingerprint density at radius 2 is 1.83 bits per heavy atom. The Bertz CT molecular complexity index is 872. The van der Waals surface area contributed by atoms with E-state index in [1.807, 2.05) is 35.0 Å². The topological polar surface area (TPSA) is 29.9 Å². The molecule has 0 fully saturated rings. The van der Waals surface area contributed by atoms with Crippen LogP contribution in [0.1, 0.15) is 18.4 Å². The van der Waals surface area contributed by atoms with Crippen LogP contribution < -0.4 is 5.32 Å². The second kappa shape index (κ2) is 6.50. The molecule has 0 amide bonds. The lowest BCUT2D eigenvalue weighted by molar-refractivity contribution is 0.780. The van der Waals surface area contributed by atoms with E-state index >= 15 is 0 Å². The Labute approximate surface area is 151 Å². The molecule has 1 aromatic heterocycles. The van der Waals surface area contributed by atoms with Gasteiger partial charge in [-0.25, -0.2) is 4.68 Å². The highest BCUT2D eigenvalue weighted by Gasteiger charge is 2.22. The molecule has 5 heteroatoms. The predicted octanol–water partition coefficient (Wildman–Crippen LogP) is 5.59. The van der Waals surface area contributed by atoms with Gasteiger partial charge in [0.15, 0.2) is 0 Å². The molecule has 0 aliphatic carbocycles. The normalized spacial score (nSPS) is 13.9. The molecule has 0 atom stereocenters. The highest BCUT2D eigenvalue weighted by atomic mass is 35.5. The molecule has 0 unspecified atom stereocenters. The number of benzene rings is 2. The minimum absolute atomic E-state index is 0.596. The second-order valence-corrected chi connectivity index (χ2v) is 6.78. The third kappa shape index (κ3) is 2.79. The summed E-state index contributed by atoms with van der Waals surface area (Å²) in [5.74, 6) is 1.04. The lowest BCUT2D eigenvalue weighted by Gasteiger charge is -2.10. The number of aromatic nitrogens is 2. The van der Waals surface area contributed by atoms with E-state index in [1.54, 1.807) is 6.07 Å².